The first kappa shape index (κ1) is 13.8. The average Bonchev–Trinajstić information content (AvgIpc) is 2.37. The van der Waals surface area contributed by atoms with Crippen molar-refractivity contribution in [1.29, 1.82) is 0 Å². The van der Waals surface area contributed by atoms with Crippen molar-refractivity contribution in [2.45, 2.75) is 31.9 Å². The van der Waals surface area contributed by atoms with Crippen LogP contribution in [0.2, 0.25) is 0 Å². The first-order valence-electron chi connectivity index (χ1n) is 6.97. The zero-order chi connectivity index (χ0) is 13.0. The van der Waals surface area contributed by atoms with Crippen LogP contribution >= 0.6 is 0 Å². The molecule has 5 heteroatoms. The van der Waals surface area contributed by atoms with Gasteiger partial charge in [0.15, 0.2) is 0 Å². The molecule has 0 aromatic carbocycles. The van der Waals surface area contributed by atoms with Crippen LogP contribution in [0.25, 0.3) is 0 Å². The van der Waals surface area contributed by atoms with Gasteiger partial charge in [0, 0.05) is 25.7 Å². The lowest BCUT2D eigenvalue weighted by molar-refractivity contribution is -0.142. The van der Waals surface area contributed by atoms with Crippen molar-refractivity contribution in [2.75, 3.05) is 46.4 Å². The number of hydrogen-bond donors (Lipinski definition) is 1. The fourth-order valence-electron chi connectivity index (χ4n) is 2.74. The smallest absolute Gasteiger partial charge is 0.248 e. The number of carbonyl (C=O) groups is 1. The number of nitrogens with one attached hydrogen (secondary N) is 1. The van der Waals surface area contributed by atoms with E-state index in [1.165, 1.54) is 0 Å². The van der Waals surface area contributed by atoms with Gasteiger partial charge < -0.3 is 19.9 Å². The molecular weight excluding hydrogens is 230 g/mol. The van der Waals surface area contributed by atoms with Crippen molar-refractivity contribution in [3.8, 4) is 0 Å². The van der Waals surface area contributed by atoms with E-state index in [-0.39, 0.29) is 18.6 Å². The highest BCUT2D eigenvalue weighted by atomic mass is 16.5. The molecule has 2 fully saturated rings. The van der Waals surface area contributed by atoms with Crippen LogP contribution in [-0.4, -0.2) is 74.2 Å². The second-order valence-corrected chi connectivity index (χ2v) is 5.46. The molecule has 0 aromatic heterocycles. The van der Waals surface area contributed by atoms with Gasteiger partial charge in [-0.2, -0.15) is 0 Å². The molecule has 1 atom stereocenters. The number of piperidine rings is 1. The number of likely N-dealkylation sites (N-methyl/N-ethyl adjacent to an activating group) is 1. The number of carbonyl (C=O) groups excluding carboxylic acids is 1. The Kier molecular flexibility index (Phi) is 4.97. The normalized spacial score (nSPS) is 27.4. The van der Waals surface area contributed by atoms with E-state index in [4.69, 9.17) is 4.74 Å². The van der Waals surface area contributed by atoms with Crippen molar-refractivity contribution < 1.29 is 9.53 Å². The molecule has 0 radical (unpaired) electrons. The fraction of sp³-hybridized carbons (Fsp3) is 0.923. The van der Waals surface area contributed by atoms with Crippen LogP contribution in [-0.2, 0) is 9.53 Å². The second-order valence-electron chi connectivity index (χ2n) is 5.46. The number of piperazine rings is 1. The topological polar surface area (TPSA) is 44.8 Å². The zero-order valence-electron chi connectivity index (χ0n) is 11.5. The Labute approximate surface area is 109 Å². The molecular formula is C13H25N3O2. The van der Waals surface area contributed by atoms with Crippen LogP contribution in [0.15, 0.2) is 0 Å². The minimum Gasteiger partial charge on any atom is -0.368 e. The molecule has 0 aliphatic carbocycles. The lowest BCUT2D eigenvalue weighted by Gasteiger charge is -2.38. The molecule has 0 spiro atoms. The number of ether oxygens (including phenoxy) is 1. The molecule has 0 saturated carbocycles. The van der Waals surface area contributed by atoms with Crippen LogP contribution in [0, 0.1) is 0 Å². The molecule has 1 N–H and O–H groups in total. The van der Waals surface area contributed by atoms with Gasteiger partial charge in [-0.15, -0.1) is 0 Å². The summed E-state index contributed by atoms with van der Waals surface area (Å²) in [6.45, 7) is 7.11. The molecule has 104 valence electrons. The largest absolute Gasteiger partial charge is 0.368 e. The lowest BCUT2D eigenvalue weighted by Crippen LogP contribution is -2.53. The fourth-order valence-corrected chi connectivity index (χ4v) is 2.74. The summed E-state index contributed by atoms with van der Waals surface area (Å²) in [6.07, 6.45) is 2.30. The highest BCUT2D eigenvalue weighted by Crippen LogP contribution is 2.11. The maximum Gasteiger partial charge on any atom is 0.248 e. The Morgan fingerprint density at radius 3 is 2.72 bits per heavy atom. The van der Waals surface area contributed by atoms with Crippen LogP contribution < -0.4 is 5.32 Å². The van der Waals surface area contributed by atoms with Gasteiger partial charge in [0.25, 0.3) is 0 Å². The van der Waals surface area contributed by atoms with Crippen molar-refractivity contribution >= 4 is 5.91 Å². The third-order valence-electron chi connectivity index (χ3n) is 3.88. The molecule has 5 nitrogen and oxygen atoms in total. The van der Waals surface area contributed by atoms with E-state index < -0.39 is 0 Å². The van der Waals surface area contributed by atoms with Gasteiger partial charge in [-0.05, 0) is 39.9 Å². The number of rotatable bonds is 3. The van der Waals surface area contributed by atoms with Crippen LogP contribution in [0.4, 0.5) is 0 Å². The molecule has 0 aromatic rings. The molecule has 2 aliphatic heterocycles. The summed E-state index contributed by atoms with van der Waals surface area (Å²) in [7, 11) is 2.10. The summed E-state index contributed by atoms with van der Waals surface area (Å²) in [6, 6.07) is 0.299. The molecule has 18 heavy (non-hydrogen) atoms. The van der Waals surface area contributed by atoms with E-state index in [1.54, 1.807) is 0 Å². The highest BCUT2D eigenvalue weighted by molar-refractivity contribution is 5.77. The first-order chi connectivity index (χ1) is 8.66. The maximum absolute atomic E-state index is 12.1. The summed E-state index contributed by atoms with van der Waals surface area (Å²) >= 11 is 0. The van der Waals surface area contributed by atoms with Crippen molar-refractivity contribution in [2.24, 2.45) is 0 Å². The number of nitrogens with zero attached hydrogens (tertiary/aromatic N) is 2. The van der Waals surface area contributed by atoms with Crippen LogP contribution in [0.3, 0.4) is 0 Å². The number of amides is 1. The second kappa shape index (κ2) is 6.50. The molecule has 2 rings (SSSR count). The van der Waals surface area contributed by atoms with E-state index >= 15 is 0 Å². The van der Waals surface area contributed by atoms with E-state index in [1.807, 2.05) is 4.90 Å². The van der Waals surface area contributed by atoms with Crippen LogP contribution in [0.5, 0.6) is 0 Å². The first-order valence-corrected chi connectivity index (χ1v) is 6.97. The zero-order valence-corrected chi connectivity index (χ0v) is 11.5. The lowest BCUT2D eigenvalue weighted by atomic mass is 10.1. The van der Waals surface area contributed by atoms with E-state index in [2.05, 4.69) is 24.2 Å². The van der Waals surface area contributed by atoms with E-state index in [0.717, 1.165) is 45.6 Å². The predicted octanol–water partition coefficient (Wildman–Crippen LogP) is -0.0825. The van der Waals surface area contributed by atoms with Gasteiger partial charge in [0.1, 0.15) is 6.61 Å². The maximum atomic E-state index is 12.1. The molecule has 2 heterocycles. The third kappa shape index (κ3) is 3.67. The quantitative estimate of drug-likeness (QED) is 0.766. The predicted molar refractivity (Wildman–Crippen MR) is 70.5 cm³/mol. The molecule has 1 amide bonds. The Morgan fingerprint density at radius 1 is 1.33 bits per heavy atom. The van der Waals surface area contributed by atoms with Crippen molar-refractivity contribution in [3.05, 3.63) is 0 Å². The molecule has 2 saturated heterocycles. The van der Waals surface area contributed by atoms with E-state index in [0.29, 0.717) is 6.04 Å². The molecule has 2 aliphatic rings. The number of hydrogen-bond acceptors (Lipinski definition) is 4. The molecule has 0 bridgehead atoms. The average molecular weight is 255 g/mol. The minimum absolute atomic E-state index is 0.147. The summed E-state index contributed by atoms with van der Waals surface area (Å²) in [5, 5.41) is 3.30. The van der Waals surface area contributed by atoms with Gasteiger partial charge >= 0.3 is 0 Å². The highest BCUT2D eigenvalue weighted by Gasteiger charge is 2.26. The molecule has 1 unspecified atom stereocenters. The van der Waals surface area contributed by atoms with Crippen molar-refractivity contribution in [1.82, 2.24) is 15.1 Å². The van der Waals surface area contributed by atoms with Gasteiger partial charge in [-0.1, -0.05) is 0 Å². The summed E-state index contributed by atoms with van der Waals surface area (Å²) in [4.78, 5) is 16.4. The van der Waals surface area contributed by atoms with Crippen molar-refractivity contribution in [3.63, 3.8) is 0 Å². The Hall–Kier alpha value is -0.650. The standard InChI is InChI=1S/C13H25N3O2/c1-11-9-15(2)7-8-16(11)13(17)10-18-12-3-5-14-6-4-12/h11-12,14H,3-10H2,1-2H3. The monoisotopic (exact) mass is 255 g/mol. The summed E-state index contributed by atoms with van der Waals surface area (Å²) in [5.41, 5.74) is 0. The summed E-state index contributed by atoms with van der Waals surface area (Å²) in [5.74, 6) is 0.147. The van der Waals surface area contributed by atoms with Gasteiger partial charge in [0.05, 0.1) is 6.10 Å². The minimum atomic E-state index is 0.147. The van der Waals surface area contributed by atoms with Gasteiger partial charge in [-0.25, -0.2) is 0 Å². The summed E-state index contributed by atoms with van der Waals surface area (Å²) < 4.78 is 5.73. The van der Waals surface area contributed by atoms with Crippen LogP contribution in [0.1, 0.15) is 19.8 Å². The SMILES string of the molecule is CC1CN(C)CCN1C(=O)COC1CCNCC1. The Bertz CT molecular complexity index is 279. The van der Waals surface area contributed by atoms with Gasteiger partial charge in [0.2, 0.25) is 5.91 Å². The Morgan fingerprint density at radius 2 is 2.06 bits per heavy atom. The van der Waals surface area contributed by atoms with Gasteiger partial charge in [-0.3, -0.25) is 4.79 Å². The Balaban J connectivity index is 1.73. The third-order valence-corrected chi connectivity index (χ3v) is 3.88. The van der Waals surface area contributed by atoms with E-state index in [9.17, 15) is 4.79 Å².